The van der Waals surface area contributed by atoms with Crippen LogP contribution < -0.4 is 5.11 Å². The molecule has 1 aliphatic heterocycles. The lowest BCUT2D eigenvalue weighted by atomic mass is 9.90. The highest BCUT2D eigenvalue weighted by Crippen LogP contribution is 2.29. The Morgan fingerprint density at radius 1 is 0.929 bits per heavy atom. The predicted octanol–water partition coefficient (Wildman–Crippen LogP) is 1.54. The third-order valence-electron chi connectivity index (χ3n) is 3.41. The van der Waals surface area contributed by atoms with Crippen LogP contribution >= 0.6 is 0 Å². The van der Waals surface area contributed by atoms with Crippen LogP contribution in [0.15, 0.2) is 4.99 Å². The van der Waals surface area contributed by atoms with Gasteiger partial charge in [-0.25, -0.2) is 0 Å². The van der Waals surface area contributed by atoms with Crippen LogP contribution in [-0.2, 0) is 6.54 Å². The molecule has 0 amide bonds. The second kappa shape index (κ2) is 2.84. The summed E-state index contributed by atoms with van der Waals surface area (Å²) in [5.41, 5.74) is 6.85. The highest BCUT2D eigenvalue weighted by Gasteiger charge is 2.18. The van der Waals surface area contributed by atoms with E-state index in [0.717, 1.165) is 16.7 Å². The second-order valence-corrected chi connectivity index (χ2v) is 3.97. The van der Waals surface area contributed by atoms with Crippen molar-refractivity contribution in [3.63, 3.8) is 0 Å². The summed E-state index contributed by atoms with van der Waals surface area (Å²) in [5, 5.41) is 11.5. The summed E-state index contributed by atoms with van der Waals surface area (Å²) < 4.78 is 0. The second-order valence-electron chi connectivity index (χ2n) is 3.97. The van der Waals surface area contributed by atoms with Crippen LogP contribution in [0.3, 0.4) is 0 Å². The number of aliphatic imine (C=N–C) groups is 1. The molecule has 0 radical (unpaired) electrons. The first-order chi connectivity index (χ1) is 6.54. The third kappa shape index (κ3) is 0.999. The molecule has 0 unspecified atom stereocenters. The molecule has 0 atom stereocenters. The van der Waals surface area contributed by atoms with Gasteiger partial charge in [0.25, 0.3) is 0 Å². The SMILES string of the molecule is Cc1c(C)c(C)c2c(c1C)CN=C2[O-]. The standard InChI is InChI=1S/C12H15NO/c1-6-7(2)9(4)11-10(8(6)3)5-13-12(11)14/h5H2,1-4H3,(H,13,14)/p-1. The maximum atomic E-state index is 11.5. The molecule has 1 aromatic rings. The molecule has 0 aliphatic carbocycles. The van der Waals surface area contributed by atoms with Gasteiger partial charge in [0.2, 0.25) is 0 Å². The number of hydrogen-bond donors (Lipinski definition) is 0. The molecule has 2 heteroatoms. The van der Waals surface area contributed by atoms with E-state index in [4.69, 9.17) is 0 Å². The third-order valence-corrected chi connectivity index (χ3v) is 3.41. The molecule has 2 nitrogen and oxygen atoms in total. The topological polar surface area (TPSA) is 35.4 Å². The molecule has 14 heavy (non-hydrogen) atoms. The highest BCUT2D eigenvalue weighted by atomic mass is 16.3. The number of benzene rings is 1. The fourth-order valence-electron chi connectivity index (χ4n) is 2.11. The van der Waals surface area contributed by atoms with E-state index in [-0.39, 0.29) is 5.90 Å². The minimum absolute atomic E-state index is 0.0382. The van der Waals surface area contributed by atoms with Crippen LogP contribution in [0.25, 0.3) is 0 Å². The molecule has 1 aliphatic rings. The monoisotopic (exact) mass is 188 g/mol. The van der Waals surface area contributed by atoms with Crippen molar-refractivity contribution in [2.75, 3.05) is 0 Å². The first-order valence-corrected chi connectivity index (χ1v) is 4.85. The summed E-state index contributed by atoms with van der Waals surface area (Å²) >= 11 is 0. The van der Waals surface area contributed by atoms with Crippen LogP contribution in [0.4, 0.5) is 0 Å². The molecular formula is C12H14NO-. The average molecular weight is 188 g/mol. The minimum atomic E-state index is -0.0382. The van der Waals surface area contributed by atoms with Crippen molar-refractivity contribution in [1.29, 1.82) is 0 Å². The molecule has 0 spiro atoms. The fourth-order valence-corrected chi connectivity index (χ4v) is 2.11. The molecule has 1 heterocycles. The van der Waals surface area contributed by atoms with Gasteiger partial charge >= 0.3 is 0 Å². The maximum absolute atomic E-state index is 11.5. The van der Waals surface area contributed by atoms with Crippen molar-refractivity contribution in [2.45, 2.75) is 34.2 Å². The van der Waals surface area contributed by atoms with Gasteiger partial charge in [-0.1, -0.05) is 0 Å². The Labute approximate surface area is 84.3 Å². The van der Waals surface area contributed by atoms with Crippen LogP contribution in [-0.4, -0.2) is 5.90 Å². The van der Waals surface area contributed by atoms with Gasteiger partial charge in [0.1, 0.15) is 0 Å². The lowest BCUT2D eigenvalue weighted by molar-refractivity contribution is -0.212. The lowest BCUT2D eigenvalue weighted by Gasteiger charge is -2.18. The first-order valence-electron chi connectivity index (χ1n) is 4.85. The molecule has 0 saturated carbocycles. The summed E-state index contributed by atoms with van der Waals surface area (Å²) in [6.07, 6.45) is 0. The quantitative estimate of drug-likeness (QED) is 0.608. The Hall–Kier alpha value is -1.31. The van der Waals surface area contributed by atoms with Crippen LogP contribution in [0.2, 0.25) is 0 Å². The van der Waals surface area contributed by atoms with Crippen molar-refractivity contribution in [2.24, 2.45) is 4.99 Å². The first kappa shape index (κ1) is 9.25. The van der Waals surface area contributed by atoms with E-state index in [1.165, 1.54) is 16.7 Å². The minimum Gasteiger partial charge on any atom is -0.858 e. The number of fused-ring (bicyclic) bond motifs is 1. The Morgan fingerprint density at radius 3 is 2.14 bits per heavy atom. The largest absolute Gasteiger partial charge is 0.858 e. The zero-order valence-corrected chi connectivity index (χ0v) is 9.06. The molecule has 0 saturated heterocycles. The van der Waals surface area contributed by atoms with Gasteiger partial charge in [-0.2, -0.15) is 0 Å². The molecule has 2 rings (SSSR count). The predicted molar refractivity (Wildman–Crippen MR) is 55.6 cm³/mol. The molecule has 0 fully saturated rings. The van der Waals surface area contributed by atoms with Gasteiger partial charge in [-0.3, -0.25) is 4.99 Å². The van der Waals surface area contributed by atoms with Crippen LogP contribution in [0.5, 0.6) is 0 Å². The van der Waals surface area contributed by atoms with Crippen LogP contribution in [0, 0.1) is 27.7 Å². The van der Waals surface area contributed by atoms with Crippen molar-refractivity contribution in [3.05, 3.63) is 33.4 Å². The molecular weight excluding hydrogens is 174 g/mol. The van der Waals surface area contributed by atoms with Gasteiger partial charge in [-0.15, -0.1) is 0 Å². The summed E-state index contributed by atoms with van der Waals surface area (Å²) in [7, 11) is 0. The van der Waals surface area contributed by atoms with E-state index in [0.29, 0.717) is 6.54 Å². The molecule has 74 valence electrons. The van der Waals surface area contributed by atoms with E-state index in [9.17, 15) is 5.11 Å². The van der Waals surface area contributed by atoms with Gasteiger partial charge < -0.3 is 5.11 Å². The Morgan fingerprint density at radius 2 is 1.50 bits per heavy atom. The van der Waals surface area contributed by atoms with E-state index < -0.39 is 0 Å². The normalized spacial score (nSPS) is 14.1. The number of nitrogens with zero attached hydrogens (tertiary/aromatic N) is 1. The van der Waals surface area contributed by atoms with Gasteiger partial charge in [0.05, 0.1) is 6.54 Å². The van der Waals surface area contributed by atoms with Crippen molar-refractivity contribution in [1.82, 2.24) is 0 Å². The smallest absolute Gasteiger partial charge is 0.0641 e. The zero-order chi connectivity index (χ0) is 10.5. The van der Waals surface area contributed by atoms with E-state index in [1.807, 2.05) is 6.92 Å². The number of rotatable bonds is 0. The molecule has 1 aromatic carbocycles. The summed E-state index contributed by atoms with van der Waals surface area (Å²) in [4.78, 5) is 3.97. The Kier molecular flexibility index (Phi) is 1.88. The highest BCUT2D eigenvalue weighted by molar-refractivity contribution is 5.97. The summed E-state index contributed by atoms with van der Waals surface area (Å²) in [6, 6.07) is 0. The Bertz CT molecular complexity index is 444. The van der Waals surface area contributed by atoms with Gasteiger partial charge in [0, 0.05) is 0 Å². The molecule has 0 N–H and O–H groups in total. The summed E-state index contributed by atoms with van der Waals surface area (Å²) in [6.45, 7) is 8.85. The zero-order valence-electron chi connectivity index (χ0n) is 9.06. The van der Waals surface area contributed by atoms with Crippen molar-refractivity contribution < 1.29 is 5.11 Å². The van der Waals surface area contributed by atoms with Crippen LogP contribution in [0.1, 0.15) is 33.4 Å². The van der Waals surface area contributed by atoms with Gasteiger partial charge in [0.15, 0.2) is 0 Å². The van der Waals surface area contributed by atoms with Crippen molar-refractivity contribution in [3.8, 4) is 0 Å². The maximum Gasteiger partial charge on any atom is 0.0641 e. The number of hydrogen-bond acceptors (Lipinski definition) is 2. The van der Waals surface area contributed by atoms with E-state index in [1.54, 1.807) is 0 Å². The van der Waals surface area contributed by atoms with E-state index in [2.05, 4.69) is 25.8 Å². The van der Waals surface area contributed by atoms with Gasteiger partial charge in [-0.05, 0) is 67.0 Å². The molecule has 0 bridgehead atoms. The average Bonchev–Trinajstić information content (AvgIpc) is 2.54. The van der Waals surface area contributed by atoms with Crippen molar-refractivity contribution >= 4 is 5.90 Å². The molecule has 0 aromatic heterocycles. The Balaban J connectivity index is 2.83. The lowest BCUT2D eigenvalue weighted by Crippen LogP contribution is -2.19. The van der Waals surface area contributed by atoms with E-state index >= 15 is 0 Å². The fraction of sp³-hybridized carbons (Fsp3) is 0.417. The summed E-state index contributed by atoms with van der Waals surface area (Å²) in [5.74, 6) is -0.0382.